The van der Waals surface area contributed by atoms with Crippen molar-refractivity contribution in [3.05, 3.63) is 69.7 Å². The fourth-order valence-electron chi connectivity index (χ4n) is 2.54. The lowest BCUT2D eigenvalue weighted by molar-refractivity contribution is -0.119. The molecule has 0 atom stereocenters. The zero-order valence-corrected chi connectivity index (χ0v) is 17.1. The number of thiazole rings is 1. The van der Waals surface area contributed by atoms with Crippen LogP contribution in [0.5, 0.6) is 0 Å². The van der Waals surface area contributed by atoms with E-state index in [2.05, 4.69) is 17.2 Å². The Balaban J connectivity index is 1.63. The van der Waals surface area contributed by atoms with E-state index >= 15 is 0 Å². The predicted molar refractivity (Wildman–Crippen MR) is 112 cm³/mol. The number of para-hydroxylation sites is 1. The van der Waals surface area contributed by atoms with Gasteiger partial charge in [0.15, 0.2) is 6.61 Å². The molecule has 1 aromatic heterocycles. The van der Waals surface area contributed by atoms with E-state index in [1.807, 2.05) is 24.3 Å². The predicted octanol–water partition coefficient (Wildman–Crippen LogP) is 5.13. The monoisotopic (exact) mass is 414 g/mol. The zero-order chi connectivity index (χ0) is 20.1. The molecular weight excluding hydrogens is 396 g/mol. The van der Waals surface area contributed by atoms with Crippen LogP contribution in [0, 0.1) is 6.92 Å². The second-order valence-electron chi connectivity index (χ2n) is 6.09. The number of carbonyl (C=O) groups excluding carboxylic acids is 2. The van der Waals surface area contributed by atoms with Gasteiger partial charge in [-0.15, -0.1) is 11.3 Å². The number of aryl methyl sites for hydroxylation is 2. The fourth-order valence-corrected chi connectivity index (χ4v) is 3.69. The quantitative estimate of drug-likeness (QED) is 0.568. The third-order valence-electron chi connectivity index (χ3n) is 4.07. The Kier molecular flexibility index (Phi) is 6.44. The van der Waals surface area contributed by atoms with E-state index in [4.69, 9.17) is 16.3 Å². The minimum atomic E-state index is -0.569. The van der Waals surface area contributed by atoms with Gasteiger partial charge < -0.3 is 10.1 Å². The molecule has 3 aromatic rings. The van der Waals surface area contributed by atoms with Crippen molar-refractivity contribution < 1.29 is 14.3 Å². The van der Waals surface area contributed by atoms with Crippen LogP contribution < -0.4 is 5.32 Å². The van der Waals surface area contributed by atoms with Gasteiger partial charge in [0.05, 0.1) is 16.4 Å². The Labute approximate surface area is 172 Å². The number of esters is 1. The molecule has 5 nitrogen and oxygen atoms in total. The summed E-state index contributed by atoms with van der Waals surface area (Å²) in [5.74, 6) is -1.03. The molecule has 0 saturated heterocycles. The molecule has 0 aliphatic heterocycles. The van der Waals surface area contributed by atoms with E-state index in [-0.39, 0.29) is 0 Å². The smallest absolute Gasteiger partial charge is 0.350 e. The maximum atomic E-state index is 12.4. The molecule has 0 radical (unpaired) electrons. The second-order valence-corrected chi connectivity index (χ2v) is 7.49. The Morgan fingerprint density at radius 2 is 1.86 bits per heavy atom. The molecule has 0 bridgehead atoms. The largest absolute Gasteiger partial charge is 0.451 e. The summed E-state index contributed by atoms with van der Waals surface area (Å²) in [5, 5.41) is 3.77. The van der Waals surface area contributed by atoms with Gasteiger partial charge in [0.2, 0.25) is 0 Å². The lowest BCUT2D eigenvalue weighted by Crippen LogP contribution is -2.21. The van der Waals surface area contributed by atoms with Crippen LogP contribution >= 0.6 is 22.9 Å². The molecule has 1 N–H and O–H groups in total. The summed E-state index contributed by atoms with van der Waals surface area (Å²) in [4.78, 5) is 29.2. The number of rotatable bonds is 6. The maximum Gasteiger partial charge on any atom is 0.350 e. The van der Waals surface area contributed by atoms with Crippen LogP contribution in [0.1, 0.15) is 27.9 Å². The molecule has 28 heavy (non-hydrogen) atoms. The number of nitrogens with zero attached hydrogens (tertiary/aromatic N) is 1. The normalized spacial score (nSPS) is 10.5. The third kappa shape index (κ3) is 4.77. The number of hydrogen-bond acceptors (Lipinski definition) is 5. The first-order valence-corrected chi connectivity index (χ1v) is 9.95. The number of hydrogen-bond donors (Lipinski definition) is 1. The Bertz CT molecular complexity index is 999. The van der Waals surface area contributed by atoms with Crippen molar-refractivity contribution in [3.63, 3.8) is 0 Å². The molecule has 3 rings (SSSR count). The summed E-state index contributed by atoms with van der Waals surface area (Å²) in [6.45, 7) is 3.45. The summed E-state index contributed by atoms with van der Waals surface area (Å²) in [7, 11) is 0. The van der Waals surface area contributed by atoms with Crippen LogP contribution in [-0.4, -0.2) is 23.5 Å². The summed E-state index contributed by atoms with van der Waals surface area (Å²) in [6, 6.07) is 14.9. The van der Waals surface area contributed by atoms with Crippen molar-refractivity contribution in [2.45, 2.75) is 20.3 Å². The van der Waals surface area contributed by atoms with Gasteiger partial charge in [0.25, 0.3) is 5.91 Å². The number of anilines is 1. The molecule has 0 saturated carbocycles. The van der Waals surface area contributed by atoms with E-state index in [9.17, 15) is 9.59 Å². The van der Waals surface area contributed by atoms with Gasteiger partial charge in [-0.2, -0.15) is 0 Å². The highest BCUT2D eigenvalue weighted by atomic mass is 35.5. The molecule has 0 fully saturated rings. The first kappa shape index (κ1) is 20.0. The molecule has 2 aromatic carbocycles. The molecule has 1 amide bonds. The first-order chi connectivity index (χ1) is 13.5. The van der Waals surface area contributed by atoms with Crippen LogP contribution in [0.15, 0.2) is 48.5 Å². The van der Waals surface area contributed by atoms with Gasteiger partial charge in [-0.3, -0.25) is 4.79 Å². The second kappa shape index (κ2) is 8.99. The minimum Gasteiger partial charge on any atom is -0.451 e. The van der Waals surface area contributed by atoms with E-state index in [1.165, 1.54) is 16.9 Å². The number of carbonyl (C=O) groups is 2. The van der Waals surface area contributed by atoms with Crippen LogP contribution in [-0.2, 0) is 16.0 Å². The highest BCUT2D eigenvalue weighted by Crippen LogP contribution is 2.29. The van der Waals surface area contributed by atoms with E-state index in [1.54, 1.807) is 31.2 Å². The van der Waals surface area contributed by atoms with Crippen molar-refractivity contribution in [3.8, 4) is 10.6 Å². The standard InChI is InChI=1S/C21H19ClN2O3S/c1-3-14-8-10-15(11-9-14)20-23-13(2)19(28-20)21(26)27-12-18(25)24-17-7-5-4-6-16(17)22/h4-11H,3,12H2,1-2H3,(H,24,25). The summed E-state index contributed by atoms with van der Waals surface area (Å²) in [5.41, 5.74) is 3.23. The van der Waals surface area contributed by atoms with Crippen LogP contribution in [0.2, 0.25) is 5.02 Å². The van der Waals surface area contributed by atoms with Gasteiger partial charge in [-0.05, 0) is 31.0 Å². The number of nitrogens with one attached hydrogen (secondary N) is 1. The number of aromatic nitrogens is 1. The summed E-state index contributed by atoms with van der Waals surface area (Å²) < 4.78 is 5.14. The summed E-state index contributed by atoms with van der Waals surface area (Å²) in [6.07, 6.45) is 0.963. The van der Waals surface area contributed by atoms with Crippen molar-refractivity contribution in [2.75, 3.05) is 11.9 Å². The lowest BCUT2D eigenvalue weighted by Gasteiger charge is -2.07. The minimum absolute atomic E-state index is 0.389. The van der Waals surface area contributed by atoms with Crippen molar-refractivity contribution >= 4 is 40.5 Å². The summed E-state index contributed by atoms with van der Waals surface area (Å²) >= 11 is 7.25. The molecule has 7 heteroatoms. The van der Waals surface area contributed by atoms with Crippen molar-refractivity contribution in [1.29, 1.82) is 0 Å². The highest BCUT2D eigenvalue weighted by molar-refractivity contribution is 7.17. The SMILES string of the molecule is CCc1ccc(-c2nc(C)c(C(=O)OCC(=O)Nc3ccccc3Cl)s2)cc1. The average Bonchev–Trinajstić information content (AvgIpc) is 3.10. The Morgan fingerprint density at radius 3 is 2.54 bits per heavy atom. The van der Waals surface area contributed by atoms with Crippen molar-refractivity contribution in [2.24, 2.45) is 0 Å². The van der Waals surface area contributed by atoms with E-state index in [0.717, 1.165) is 17.0 Å². The number of amides is 1. The topological polar surface area (TPSA) is 68.3 Å². The first-order valence-electron chi connectivity index (χ1n) is 8.76. The van der Waals surface area contributed by atoms with Gasteiger partial charge >= 0.3 is 5.97 Å². The van der Waals surface area contributed by atoms with Gasteiger partial charge in [0.1, 0.15) is 9.88 Å². The Hall–Kier alpha value is -2.70. The molecule has 0 aliphatic carbocycles. The lowest BCUT2D eigenvalue weighted by atomic mass is 10.1. The van der Waals surface area contributed by atoms with Crippen LogP contribution in [0.3, 0.4) is 0 Å². The van der Waals surface area contributed by atoms with E-state index < -0.39 is 18.5 Å². The average molecular weight is 415 g/mol. The van der Waals surface area contributed by atoms with Crippen LogP contribution in [0.25, 0.3) is 10.6 Å². The van der Waals surface area contributed by atoms with Crippen LogP contribution in [0.4, 0.5) is 5.69 Å². The van der Waals surface area contributed by atoms with Crippen molar-refractivity contribution in [1.82, 2.24) is 4.98 Å². The molecule has 0 aliphatic rings. The third-order valence-corrected chi connectivity index (χ3v) is 5.59. The molecule has 1 heterocycles. The van der Waals surface area contributed by atoms with E-state index in [0.29, 0.717) is 21.3 Å². The number of benzene rings is 2. The number of halogens is 1. The maximum absolute atomic E-state index is 12.4. The molecule has 144 valence electrons. The van der Waals surface area contributed by atoms with Gasteiger partial charge in [-0.25, -0.2) is 9.78 Å². The number of ether oxygens (including phenoxy) is 1. The van der Waals surface area contributed by atoms with Gasteiger partial charge in [-0.1, -0.05) is 54.9 Å². The Morgan fingerprint density at radius 1 is 1.14 bits per heavy atom. The zero-order valence-electron chi connectivity index (χ0n) is 15.5. The molecule has 0 spiro atoms. The molecule has 0 unspecified atom stereocenters. The molecular formula is C21H19ClN2O3S. The fraction of sp³-hybridized carbons (Fsp3) is 0.190. The van der Waals surface area contributed by atoms with Gasteiger partial charge in [0, 0.05) is 5.56 Å². The highest BCUT2D eigenvalue weighted by Gasteiger charge is 2.19.